The lowest BCUT2D eigenvalue weighted by Crippen LogP contribution is -2.52. The van der Waals surface area contributed by atoms with Gasteiger partial charge in [0.15, 0.2) is 0 Å². The standard InChI is InChI=1S/C12H10N2O5S2/c15-9(16)5-7(11(18)19)14-10(17)8(21-12(14)20)4-6-2-1-3-13-6/h1-4,7,13H,5H2,(H,15,16)(H,18,19)/p-2/b8-4-/t7-/m0/s1. The van der Waals surface area contributed by atoms with E-state index in [0.29, 0.717) is 5.69 Å². The van der Waals surface area contributed by atoms with E-state index >= 15 is 0 Å². The number of rotatable bonds is 5. The molecule has 0 saturated carbocycles. The van der Waals surface area contributed by atoms with Gasteiger partial charge in [0.25, 0.3) is 5.91 Å². The van der Waals surface area contributed by atoms with E-state index in [9.17, 15) is 24.6 Å². The average molecular weight is 324 g/mol. The summed E-state index contributed by atoms with van der Waals surface area (Å²) in [5.74, 6) is -3.97. The van der Waals surface area contributed by atoms with Crippen molar-refractivity contribution in [2.24, 2.45) is 0 Å². The molecule has 1 aromatic heterocycles. The monoisotopic (exact) mass is 324 g/mol. The number of nitrogens with zero attached hydrogens (tertiary/aromatic N) is 1. The van der Waals surface area contributed by atoms with Crippen molar-refractivity contribution in [1.29, 1.82) is 0 Å². The van der Waals surface area contributed by atoms with E-state index in [1.807, 2.05) is 0 Å². The summed E-state index contributed by atoms with van der Waals surface area (Å²) in [6, 6.07) is 1.76. The first-order valence-electron chi connectivity index (χ1n) is 5.71. The Kier molecular flexibility index (Phi) is 4.43. The van der Waals surface area contributed by atoms with Crippen LogP contribution < -0.4 is 10.2 Å². The molecule has 1 aliphatic rings. The number of aromatic amines is 1. The lowest BCUT2D eigenvalue weighted by Gasteiger charge is -2.27. The third-order valence-electron chi connectivity index (χ3n) is 2.68. The van der Waals surface area contributed by atoms with Gasteiger partial charge in [-0.25, -0.2) is 0 Å². The molecule has 1 atom stereocenters. The molecule has 1 fully saturated rings. The molecule has 1 N–H and O–H groups in total. The second kappa shape index (κ2) is 6.10. The number of carbonyl (C=O) groups is 3. The molecular formula is C12H8N2O5S2-2. The van der Waals surface area contributed by atoms with Gasteiger partial charge in [-0.05, 0) is 18.2 Å². The summed E-state index contributed by atoms with van der Waals surface area (Å²) in [7, 11) is 0. The van der Waals surface area contributed by atoms with E-state index in [1.165, 1.54) is 6.08 Å². The van der Waals surface area contributed by atoms with Gasteiger partial charge in [-0.3, -0.25) is 9.69 Å². The number of thioether (sulfide) groups is 1. The minimum absolute atomic E-state index is 0.0340. The number of aromatic nitrogens is 1. The van der Waals surface area contributed by atoms with Crippen LogP contribution in [0.4, 0.5) is 0 Å². The molecule has 2 rings (SSSR count). The van der Waals surface area contributed by atoms with Gasteiger partial charge in [0.05, 0.1) is 16.9 Å². The minimum atomic E-state index is -1.70. The van der Waals surface area contributed by atoms with Gasteiger partial charge in [0.2, 0.25) is 0 Å². The number of carbonyl (C=O) groups excluding carboxylic acids is 3. The van der Waals surface area contributed by atoms with Crippen LogP contribution in [0.2, 0.25) is 0 Å². The highest BCUT2D eigenvalue weighted by molar-refractivity contribution is 8.26. The summed E-state index contributed by atoms with van der Waals surface area (Å²) in [5, 5.41) is 21.7. The van der Waals surface area contributed by atoms with Crippen molar-refractivity contribution in [3.05, 3.63) is 28.9 Å². The summed E-state index contributed by atoms with van der Waals surface area (Å²) in [6.45, 7) is 0. The van der Waals surface area contributed by atoms with Crippen molar-refractivity contribution in [2.45, 2.75) is 12.5 Å². The number of hydrogen-bond acceptors (Lipinski definition) is 7. The van der Waals surface area contributed by atoms with Gasteiger partial charge in [-0.15, -0.1) is 0 Å². The van der Waals surface area contributed by atoms with Gasteiger partial charge in [0.1, 0.15) is 4.32 Å². The smallest absolute Gasteiger partial charge is 0.266 e. The molecule has 0 unspecified atom stereocenters. The number of nitrogens with one attached hydrogen (secondary N) is 1. The maximum atomic E-state index is 12.2. The highest BCUT2D eigenvalue weighted by Gasteiger charge is 2.37. The third-order valence-corrected chi connectivity index (χ3v) is 4.01. The minimum Gasteiger partial charge on any atom is -0.550 e. The lowest BCUT2D eigenvalue weighted by molar-refractivity contribution is -0.319. The molecule has 7 nitrogen and oxygen atoms in total. The Morgan fingerprint density at radius 2 is 2.19 bits per heavy atom. The molecule has 110 valence electrons. The topological polar surface area (TPSA) is 116 Å². The fourth-order valence-corrected chi connectivity index (χ4v) is 3.11. The molecule has 9 heteroatoms. The zero-order valence-corrected chi connectivity index (χ0v) is 12.0. The Morgan fingerprint density at radius 3 is 2.71 bits per heavy atom. The van der Waals surface area contributed by atoms with Crippen molar-refractivity contribution in [1.82, 2.24) is 9.88 Å². The van der Waals surface area contributed by atoms with Crippen molar-refractivity contribution in [3.63, 3.8) is 0 Å². The fourth-order valence-electron chi connectivity index (χ4n) is 1.76. The summed E-state index contributed by atoms with van der Waals surface area (Å²) in [4.78, 5) is 37.7. The van der Waals surface area contributed by atoms with Crippen LogP contribution in [0, 0.1) is 0 Å². The van der Waals surface area contributed by atoms with Gasteiger partial charge in [0, 0.05) is 24.3 Å². The predicted molar refractivity (Wildman–Crippen MR) is 74.2 cm³/mol. The number of H-pyrrole nitrogens is 1. The molecule has 0 aliphatic carbocycles. The van der Waals surface area contributed by atoms with E-state index in [-0.39, 0.29) is 9.23 Å². The number of carboxylic acid groups (broad SMARTS) is 2. The first kappa shape index (κ1) is 15.3. The van der Waals surface area contributed by atoms with E-state index in [1.54, 1.807) is 18.3 Å². The number of aliphatic carboxylic acids is 2. The Morgan fingerprint density at radius 1 is 1.48 bits per heavy atom. The summed E-state index contributed by atoms with van der Waals surface area (Å²) in [5.41, 5.74) is 0.639. The Balaban J connectivity index is 2.29. The van der Waals surface area contributed by atoms with Crippen LogP contribution in [0.15, 0.2) is 23.2 Å². The molecule has 1 saturated heterocycles. The van der Waals surface area contributed by atoms with Gasteiger partial charge < -0.3 is 24.8 Å². The highest BCUT2D eigenvalue weighted by atomic mass is 32.2. The molecule has 21 heavy (non-hydrogen) atoms. The number of carboxylic acids is 2. The molecule has 1 aromatic rings. The quantitative estimate of drug-likeness (QED) is 0.516. The van der Waals surface area contributed by atoms with Crippen molar-refractivity contribution in [3.8, 4) is 0 Å². The van der Waals surface area contributed by atoms with Gasteiger partial charge in [-0.1, -0.05) is 24.0 Å². The van der Waals surface area contributed by atoms with Crippen LogP contribution in [-0.2, 0) is 14.4 Å². The number of amides is 1. The Labute approximate surface area is 128 Å². The first-order valence-corrected chi connectivity index (χ1v) is 6.93. The molecule has 0 radical (unpaired) electrons. The van der Waals surface area contributed by atoms with Crippen LogP contribution in [0.25, 0.3) is 6.08 Å². The van der Waals surface area contributed by atoms with Crippen LogP contribution in [0.3, 0.4) is 0 Å². The third kappa shape index (κ3) is 3.31. The van der Waals surface area contributed by atoms with Crippen molar-refractivity contribution in [2.75, 3.05) is 0 Å². The summed E-state index contributed by atoms with van der Waals surface area (Å²) < 4.78 is -0.0340. The zero-order valence-electron chi connectivity index (χ0n) is 10.4. The normalized spacial score (nSPS) is 18.3. The average Bonchev–Trinajstić information content (AvgIpc) is 2.97. The molecule has 0 bridgehead atoms. The summed E-state index contributed by atoms with van der Waals surface area (Å²) >= 11 is 5.85. The van der Waals surface area contributed by atoms with E-state index < -0.39 is 30.3 Å². The highest BCUT2D eigenvalue weighted by Crippen LogP contribution is 2.34. The molecule has 0 aromatic carbocycles. The fraction of sp³-hybridized carbons (Fsp3) is 0.167. The molecule has 2 heterocycles. The maximum Gasteiger partial charge on any atom is 0.266 e. The zero-order chi connectivity index (χ0) is 15.6. The lowest BCUT2D eigenvalue weighted by atomic mass is 10.2. The van der Waals surface area contributed by atoms with Crippen molar-refractivity contribution >= 4 is 52.2 Å². The molecular weight excluding hydrogens is 316 g/mol. The maximum absolute atomic E-state index is 12.2. The second-order valence-corrected chi connectivity index (χ2v) is 5.76. The van der Waals surface area contributed by atoms with Crippen LogP contribution in [-0.4, -0.2) is 38.1 Å². The first-order chi connectivity index (χ1) is 9.90. The van der Waals surface area contributed by atoms with Crippen LogP contribution in [0.5, 0.6) is 0 Å². The molecule has 1 aliphatic heterocycles. The Hall–Kier alpha value is -2.13. The molecule has 1 amide bonds. The van der Waals surface area contributed by atoms with Crippen molar-refractivity contribution < 1.29 is 24.6 Å². The van der Waals surface area contributed by atoms with Gasteiger partial charge >= 0.3 is 0 Å². The predicted octanol–water partition coefficient (Wildman–Crippen LogP) is -1.53. The van der Waals surface area contributed by atoms with Gasteiger partial charge in [-0.2, -0.15) is 0 Å². The van der Waals surface area contributed by atoms with E-state index in [0.717, 1.165) is 16.7 Å². The summed E-state index contributed by atoms with van der Waals surface area (Å²) in [6.07, 6.45) is 2.28. The second-order valence-electron chi connectivity index (χ2n) is 4.09. The Bertz CT molecular complexity index is 638. The largest absolute Gasteiger partial charge is 0.550 e. The van der Waals surface area contributed by atoms with Crippen LogP contribution in [0.1, 0.15) is 12.1 Å². The van der Waals surface area contributed by atoms with E-state index in [4.69, 9.17) is 12.2 Å². The number of thiocarbonyl (C=S) groups is 1. The molecule has 0 spiro atoms. The van der Waals surface area contributed by atoms with E-state index in [2.05, 4.69) is 4.98 Å². The number of hydrogen-bond donors (Lipinski definition) is 1. The SMILES string of the molecule is O=C([O-])C[C@@H](C(=O)[O-])N1C(=O)/C(=C/c2ccc[nH]2)SC1=S. The van der Waals surface area contributed by atoms with Crippen LogP contribution >= 0.6 is 24.0 Å².